The molecule has 0 fully saturated rings. The van der Waals surface area contributed by atoms with E-state index in [2.05, 4.69) is 21.3 Å². The number of anilines is 2. The Morgan fingerprint density at radius 2 is 1.16 bits per heavy atom. The third-order valence-corrected chi connectivity index (χ3v) is 5.92. The summed E-state index contributed by atoms with van der Waals surface area (Å²) in [4.78, 5) is 24.2. The lowest BCUT2D eigenvalue weighted by atomic mass is 10.1. The Labute approximate surface area is 221 Å². The second-order valence-corrected chi connectivity index (χ2v) is 10.6. The summed E-state index contributed by atoms with van der Waals surface area (Å²) in [5.41, 5.74) is 3.13. The maximum atomic E-state index is 12.1. The van der Waals surface area contributed by atoms with Crippen LogP contribution in [0.25, 0.3) is 0 Å². The van der Waals surface area contributed by atoms with Crippen molar-refractivity contribution in [3.8, 4) is 0 Å². The maximum Gasteiger partial charge on any atom is 0.319 e. The van der Waals surface area contributed by atoms with Crippen LogP contribution in [0.15, 0.2) is 48.5 Å². The molecule has 8 heteroatoms. The van der Waals surface area contributed by atoms with Gasteiger partial charge in [0, 0.05) is 17.9 Å². The average Bonchev–Trinajstić information content (AvgIpc) is 2.82. The van der Waals surface area contributed by atoms with Crippen LogP contribution in [0.4, 0.5) is 16.2 Å². The number of hydrogen-bond donors (Lipinski definition) is 4. The molecule has 0 aliphatic rings. The normalized spacial score (nSPS) is 11.7. The summed E-state index contributed by atoms with van der Waals surface area (Å²) in [6.07, 6.45) is 1.43. The minimum Gasteiger partial charge on any atom is -0.373 e. The molecule has 37 heavy (non-hydrogen) atoms. The minimum atomic E-state index is -0.392. The number of aryl methyl sites for hydroxylation is 2. The number of amides is 3. The van der Waals surface area contributed by atoms with E-state index in [4.69, 9.17) is 9.47 Å². The summed E-state index contributed by atoms with van der Waals surface area (Å²) in [5.74, 6) is -0.0691. The molecular formula is C29H44N4O4. The zero-order valence-corrected chi connectivity index (χ0v) is 23.2. The van der Waals surface area contributed by atoms with E-state index < -0.39 is 5.60 Å². The number of carbonyl (C=O) groups is 2. The summed E-state index contributed by atoms with van der Waals surface area (Å²) in [7, 11) is 0. The lowest BCUT2D eigenvalue weighted by Crippen LogP contribution is -2.37. The van der Waals surface area contributed by atoms with Crippen molar-refractivity contribution >= 4 is 23.3 Å². The Kier molecular flexibility index (Phi) is 12.0. The Bertz CT molecular complexity index is 972. The van der Waals surface area contributed by atoms with E-state index in [-0.39, 0.29) is 24.1 Å². The number of rotatable bonds is 15. The molecule has 3 amide bonds. The van der Waals surface area contributed by atoms with E-state index >= 15 is 0 Å². The highest BCUT2D eigenvalue weighted by atomic mass is 16.5. The fourth-order valence-corrected chi connectivity index (χ4v) is 3.50. The van der Waals surface area contributed by atoms with Crippen molar-refractivity contribution in [2.24, 2.45) is 0 Å². The van der Waals surface area contributed by atoms with Crippen molar-refractivity contribution in [2.75, 3.05) is 43.5 Å². The second-order valence-electron chi connectivity index (χ2n) is 10.6. The van der Waals surface area contributed by atoms with Crippen LogP contribution in [0.3, 0.4) is 0 Å². The minimum absolute atomic E-state index is 0.0691. The molecule has 0 aliphatic heterocycles. The van der Waals surface area contributed by atoms with Crippen molar-refractivity contribution in [2.45, 2.75) is 65.6 Å². The molecule has 4 N–H and O–H groups in total. The van der Waals surface area contributed by atoms with Crippen LogP contribution >= 0.6 is 0 Å². The highest BCUT2D eigenvalue weighted by molar-refractivity contribution is 5.92. The fraction of sp³-hybridized carbons (Fsp3) is 0.517. The van der Waals surface area contributed by atoms with Crippen LogP contribution in [0.5, 0.6) is 0 Å². The quantitative estimate of drug-likeness (QED) is 0.251. The van der Waals surface area contributed by atoms with Gasteiger partial charge in [-0.2, -0.15) is 0 Å². The smallest absolute Gasteiger partial charge is 0.319 e. The molecular weight excluding hydrogens is 468 g/mol. The van der Waals surface area contributed by atoms with Gasteiger partial charge in [0.2, 0.25) is 5.91 Å². The molecule has 204 valence electrons. The van der Waals surface area contributed by atoms with Gasteiger partial charge in [0.05, 0.1) is 31.0 Å². The van der Waals surface area contributed by atoms with E-state index in [1.807, 2.05) is 90.1 Å². The van der Waals surface area contributed by atoms with Gasteiger partial charge in [-0.3, -0.25) is 4.79 Å². The van der Waals surface area contributed by atoms with Crippen LogP contribution < -0.4 is 21.3 Å². The summed E-state index contributed by atoms with van der Waals surface area (Å²) < 4.78 is 12.0. The van der Waals surface area contributed by atoms with Crippen LogP contribution in [-0.2, 0) is 14.3 Å². The highest BCUT2D eigenvalue weighted by Crippen LogP contribution is 2.17. The first kappa shape index (κ1) is 30.3. The Balaban J connectivity index is 1.54. The standard InChI is InChI=1S/C29H44N4O4/c1-22-7-11-24(12-8-22)32-26(34)21-30-17-15-28(3,4)36-19-20-37-29(5,6)16-18-31-27(35)33-25-13-9-23(2)10-14-25/h7-14,30H,15-21H2,1-6H3,(H,32,34)(H2,31,33,35). The zero-order chi connectivity index (χ0) is 27.3. The van der Waals surface area contributed by atoms with Gasteiger partial charge in [0.15, 0.2) is 0 Å². The van der Waals surface area contributed by atoms with Crippen molar-refractivity contribution in [1.29, 1.82) is 0 Å². The molecule has 0 heterocycles. The molecule has 0 atom stereocenters. The third kappa shape index (κ3) is 13.3. The molecule has 0 aliphatic carbocycles. The molecule has 0 saturated carbocycles. The van der Waals surface area contributed by atoms with Crippen molar-refractivity contribution in [3.05, 3.63) is 59.7 Å². The first-order valence-corrected chi connectivity index (χ1v) is 12.9. The van der Waals surface area contributed by atoms with Gasteiger partial charge in [-0.25, -0.2) is 4.79 Å². The number of ether oxygens (including phenoxy) is 2. The molecule has 2 aromatic rings. The number of carbonyl (C=O) groups excluding carboxylic acids is 2. The largest absolute Gasteiger partial charge is 0.373 e. The molecule has 0 aromatic heterocycles. The van der Waals surface area contributed by atoms with Gasteiger partial charge in [-0.1, -0.05) is 35.4 Å². The SMILES string of the molecule is Cc1ccc(NC(=O)CNCCC(C)(C)OCCOC(C)(C)CCNC(=O)Nc2ccc(C)cc2)cc1. The number of benzene rings is 2. The Hall–Kier alpha value is -2.94. The van der Waals surface area contributed by atoms with Crippen LogP contribution in [0.2, 0.25) is 0 Å². The van der Waals surface area contributed by atoms with Crippen LogP contribution in [0, 0.1) is 13.8 Å². The molecule has 8 nitrogen and oxygen atoms in total. The predicted octanol–water partition coefficient (Wildman–Crippen LogP) is 5.02. The summed E-state index contributed by atoms with van der Waals surface area (Å²) in [6.45, 7) is 14.4. The molecule has 0 radical (unpaired) electrons. The second kappa shape index (κ2) is 14.7. The van der Waals surface area contributed by atoms with E-state index in [0.29, 0.717) is 32.7 Å². The van der Waals surface area contributed by atoms with Gasteiger partial charge in [-0.05, 0) is 85.2 Å². The first-order chi connectivity index (χ1) is 17.4. The van der Waals surface area contributed by atoms with Gasteiger partial charge in [0.1, 0.15) is 0 Å². The van der Waals surface area contributed by atoms with E-state index in [0.717, 1.165) is 28.9 Å². The number of nitrogens with one attached hydrogen (secondary N) is 4. The number of urea groups is 1. The van der Waals surface area contributed by atoms with Gasteiger partial charge >= 0.3 is 6.03 Å². The molecule has 0 spiro atoms. The van der Waals surface area contributed by atoms with E-state index in [1.165, 1.54) is 0 Å². The molecule has 0 unspecified atom stereocenters. The van der Waals surface area contributed by atoms with Gasteiger partial charge in [-0.15, -0.1) is 0 Å². The number of hydrogen-bond acceptors (Lipinski definition) is 5. The maximum absolute atomic E-state index is 12.1. The van der Waals surface area contributed by atoms with Crippen molar-refractivity contribution in [1.82, 2.24) is 10.6 Å². The monoisotopic (exact) mass is 512 g/mol. The first-order valence-electron chi connectivity index (χ1n) is 12.9. The Morgan fingerprint density at radius 3 is 1.68 bits per heavy atom. The summed E-state index contributed by atoms with van der Waals surface area (Å²) >= 11 is 0. The Morgan fingerprint density at radius 1 is 0.703 bits per heavy atom. The van der Waals surface area contributed by atoms with E-state index in [1.54, 1.807) is 0 Å². The zero-order valence-electron chi connectivity index (χ0n) is 23.2. The van der Waals surface area contributed by atoms with Crippen LogP contribution in [0.1, 0.15) is 51.7 Å². The van der Waals surface area contributed by atoms with Crippen molar-refractivity contribution < 1.29 is 19.1 Å². The topological polar surface area (TPSA) is 101 Å². The summed E-state index contributed by atoms with van der Waals surface area (Å²) in [6, 6.07) is 15.2. The molecule has 0 saturated heterocycles. The van der Waals surface area contributed by atoms with E-state index in [9.17, 15) is 9.59 Å². The molecule has 0 bridgehead atoms. The molecule has 2 aromatic carbocycles. The predicted molar refractivity (Wildman–Crippen MR) is 150 cm³/mol. The third-order valence-electron chi connectivity index (χ3n) is 5.92. The van der Waals surface area contributed by atoms with Gasteiger partial charge in [0.25, 0.3) is 0 Å². The van der Waals surface area contributed by atoms with Crippen LogP contribution in [-0.4, -0.2) is 56.0 Å². The average molecular weight is 513 g/mol. The highest BCUT2D eigenvalue weighted by Gasteiger charge is 2.21. The lowest BCUT2D eigenvalue weighted by molar-refractivity contribution is -0.115. The van der Waals surface area contributed by atoms with Gasteiger partial charge < -0.3 is 30.7 Å². The lowest BCUT2D eigenvalue weighted by Gasteiger charge is -2.28. The fourth-order valence-electron chi connectivity index (χ4n) is 3.50. The summed E-state index contributed by atoms with van der Waals surface area (Å²) in [5, 5.41) is 11.8. The van der Waals surface area contributed by atoms with Crippen molar-refractivity contribution in [3.63, 3.8) is 0 Å². The molecule has 2 rings (SSSR count).